The zero-order valence-corrected chi connectivity index (χ0v) is 7.40. The molecular weight excluding hydrogens is 185 g/mol. The smallest absolute Gasteiger partial charge is 0.405 e. The molecule has 13 heavy (non-hydrogen) atoms. The predicted molar refractivity (Wildman–Crippen MR) is 43.3 cm³/mol. The van der Waals surface area contributed by atoms with Crippen molar-refractivity contribution in [1.29, 1.82) is 0 Å². The van der Waals surface area contributed by atoms with Crippen molar-refractivity contribution in [1.82, 2.24) is 5.32 Å². The molecule has 0 bridgehead atoms. The van der Waals surface area contributed by atoms with Gasteiger partial charge in [-0.2, -0.15) is 13.2 Å². The van der Waals surface area contributed by atoms with Crippen molar-refractivity contribution in [2.24, 2.45) is 4.99 Å². The van der Waals surface area contributed by atoms with E-state index in [4.69, 9.17) is 0 Å². The lowest BCUT2D eigenvalue weighted by atomic mass is 10.6. The van der Waals surface area contributed by atoms with Gasteiger partial charge in [-0.1, -0.05) is 6.58 Å². The molecule has 0 radical (unpaired) electrons. The molecule has 0 fully saturated rings. The Hall–Kier alpha value is -1.20. The summed E-state index contributed by atoms with van der Waals surface area (Å²) in [6.07, 6.45) is -4.26. The Morgan fingerprint density at radius 2 is 2.08 bits per heavy atom. The van der Waals surface area contributed by atoms with Crippen molar-refractivity contribution < 1.29 is 17.9 Å². The number of aliphatic imine (C=N–C) groups is 1. The summed E-state index contributed by atoms with van der Waals surface area (Å²) in [6.45, 7) is 3.63. The standard InChI is InChI=1S/C7H11F3N2O/c1-5(12-6(2)13-3)11-4-7(8,9)10/h11H,1,4H2,2-3H3. The van der Waals surface area contributed by atoms with E-state index in [0.29, 0.717) is 0 Å². The van der Waals surface area contributed by atoms with Crippen molar-refractivity contribution >= 4 is 5.90 Å². The van der Waals surface area contributed by atoms with Crippen LogP contribution in [0.4, 0.5) is 13.2 Å². The second kappa shape index (κ2) is 4.74. The van der Waals surface area contributed by atoms with E-state index in [1.165, 1.54) is 14.0 Å². The summed E-state index contributed by atoms with van der Waals surface area (Å²) in [5, 5.41) is 2.00. The van der Waals surface area contributed by atoms with Crippen molar-refractivity contribution in [3.05, 3.63) is 12.4 Å². The summed E-state index contributed by atoms with van der Waals surface area (Å²) in [7, 11) is 1.37. The summed E-state index contributed by atoms with van der Waals surface area (Å²) < 4.78 is 39.6. The topological polar surface area (TPSA) is 33.6 Å². The van der Waals surface area contributed by atoms with E-state index >= 15 is 0 Å². The van der Waals surface area contributed by atoms with Crippen molar-refractivity contribution in [3.63, 3.8) is 0 Å². The number of hydrogen-bond donors (Lipinski definition) is 1. The quantitative estimate of drug-likeness (QED) is 0.550. The van der Waals surface area contributed by atoms with E-state index in [9.17, 15) is 13.2 Å². The number of alkyl halides is 3. The van der Waals surface area contributed by atoms with Crippen LogP contribution in [0.25, 0.3) is 0 Å². The van der Waals surface area contributed by atoms with Crippen LogP contribution in [0.15, 0.2) is 17.4 Å². The van der Waals surface area contributed by atoms with Crippen LogP contribution in [0.5, 0.6) is 0 Å². The van der Waals surface area contributed by atoms with Gasteiger partial charge in [0.25, 0.3) is 0 Å². The number of nitrogens with zero attached hydrogens (tertiary/aromatic N) is 1. The molecule has 0 spiro atoms. The molecule has 0 aliphatic heterocycles. The fourth-order valence-electron chi connectivity index (χ4n) is 0.477. The molecule has 76 valence electrons. The van der Waals surface area contributed by atoms with Crippen molar-refractivity contribution in [2.75, 3.05) is 13.7 Å². The first-order valence-electron chi connectivity index (χ1n) is 3.44. The highest BCUT2D eigenvalue weighted by Crippen LogP contribution is 2.12. The third kappa shape index (κ3) is 7.17. The number of ether oxygens (including phenoxy) is 1. The highest BCUT2D eigenvalue weighted by Gasteiger charge is 2.26. The van der Waals surface area contributed by atoms with Gasteiger partial charge in [0.2, 0.25) is 0 Å². The molecule has 0 aliphatic carbocycles. The average molecular weight is 196 g/mol. The lowest BCUT2D eigenvalue weighted by Gasteiger charge is -2.08. The van der Waals surface area contributed by atoms with Crippen molar-refractivity contribution in [2.45, 2.75) is 13.1 Å². The van der Waals surface area contributed by atoms with Crippen LogP contribution in [0, 0.1) is 0 Å². The average Bonchev–Trinajstić information content (AvgIpc) is 1.99. The first kappa shape index (κ1) is 11.8. The van der Waals surface area contributed by atoms with Gasteiger partial charge in [-0.15, -0.1) is 0 Å². The summed E-state index contributed by atoms with van der Waals surface area (Å²) in [4.78, 5) is 3.59. The Morgan fingerprint density at radius 3 is 2.46 bits per heavy atom. The SMILES string of the molecule is C=C(N=C(C)OC)NCC(F)(F)F. The summed E-state index contributed by atoms with van der Waals surface area (Å²) in [6, 6.07) is 0. The monoisotopic (exact) mass is 196 g/mol. The highest BCUT2D eigenvalue weighted by atomic mass is 19.4. The van der Waals surface area contributed by atoms with Gasteiger partial charge in [-0.25, -0.2) is 4.99 Å². The molecule has 0 amide bonds. The van der Waals surface area contributed by atoms with Crippen LogP contribution in [0.2, 0.25) is 0 Å². The molecule has 0 heterocycles. The maximum atomic E-state index is 11.7. The zero-order valence-electron chi connectivity index (χ0n) is 7.40. The van der Waals surface area contributed by atoms with Gasteiger partial charge in [-0.3, -0.25) is 0 Å². The molecule has 0 unspecified atom stereocenters. The first-order chi connectivity index (χ1) is 5.85. The van der Waals surface area contributed by atoms with E-state index in [2.05, 4.69) is 16.3 Å². The molecular formula is C7H11F3N2O. The Bertz CT molecular complexity index is 210. The molecule has 0 saturated heterocycles. The van der Waals surface area contributed by atoms with Gasteiger partial charge in [0.15, 0.2) is 5.90 Å². The number of halogens is 3. The second-order valence-corrected chi connectivity index (χ2v) is 2.25. The molecule has 6 heteroatoms. The predicted octanol–water partition coefficient (Wildman–Crippen LogP) is 1.67. The van der Waals surface area contributed by atoms with Crippen LogP contribution < -0.4 is 5.32 Å². The van der Waals surface area contributed by atoms with Gasteiger partial charge in [-0.05, 0) is 0 Å². The van der Waals surface area contributed by atoms with E-state index in [1.807, 2.05) is 5.32 Å². The number of rotatable bonds is 3. The molecule has 0 saturated carbocycles. The summed E-state index contributed by atoms with van der Waals surface area (Å²) in [5.74, 6) is 0.177. The third-order valence-electron chi connectivity index (χ3n) is 1.08. The third-order valence-corrected chi connectivity index (χ3v) is 1.08. The Morgan fingerprint density at radius 1 is 1.54 bits per heavy atom. The lowest BCUT2D eigenvalue weighted by Crippen LogP contribution is -2.27. The number of hydrogen-bond acceptors (Lipinski definition) is 3. The maximum Gasteiger partial charge on any atom is 0.405 e. The van der Waals surface area contributed by atoms with E-state index in [-0.39, 0.29) is 11.7 Å². The lowest BCUT2D eigenvalue weighted by molar-refractivity contribution is -0.123. The van der Waals surface area contributed by atoms with Crippen molar-refractivity contribution in [3.8, 4) is 0 Å². The van der Waals surface area contributed by atoms with Crippen LogP contribution in [0.1, 0.15) is 6.92 Å². The van der Waals surface area contributed by atoms with E-state index in [1.54, 1.807) is 0 Å². The molecule has 0 aromatic rings. The molecule has 0 aromatic carbocycles. The molecule has 0 rings (SSSR count). The molecule has 1 N–H and O–H groups in total. The number of methoxy groups -OCH3 is 1. The number of nitrogens with one attached hydrogen (secondary N) is 1. The van der Waals surface area contributed by atoms with Gasteiger partial charge in [0.05, 0.1) is 7.11 Å². The Balaban J connectivity index is 3.90. The Labute approximate surface area is 74.3 Å². The minimum Gasteiger partial charge on any atom is -0.484 e. The molecule has 0 aliphatic rings. The maximum absolute atomic E-state index is 11.7. The molecule has 0 atom stereocenters. The highest BCUT2D eigenvalue weighted by molar-refractivity contribution is 5.73. The largest absolute Gasteiger partial charge is 0.484 e. The normalized spacial score (nSPS) is 12.5. The fraction of sp³-hybridized carbons (Fsp3) is 0.571. The van der Waals surface area contributed by atoms with Gasteiger partial charge >= 0.3 is 6.18 Å². The molecule has 3 nitrogen and oxygen atoms in total. The van der Waals surface area contributed by atoms with Crippen LogP contribution in [-0.2, 0) is 4.74 Å². The van der Waals surface area contributed by atoms with E-state index < -0.39 is 12.7 Å². The first-order valence-corrected chi connectivity index (χ1v) is 3.44. The van der Waals surface area contributed by atoms with Gasteiger partial charge in [0, 0.05) is 6.92 Å². The molecule has 0 aromatic heterocycles. The van der Waals surface area contributed by atoms with Crippen LogP contribution in [-0.4, -0.2) is 25.7 Å². The van der Waals surface area contributed by atoms with Crippen LogP contribution in [0.3, 0.4) is 0 Å². The second-order valence-electron chi connectivity index (χ2n) is 2.25. The van der Waals surface area contributed by atoms with Gasteiger partial charge in [0.1, 0.15) is 12.4 Å². The Kier molecular flexibility index (Phi) is 4.30. The zero-order chi connectivity index (χ0) is 10.5. The van der Waals surface area contributed by atoms with E-state index in [0.717, 1.165) is 0 Å². The van der Waals surface area contributed by atoms with Gasteiger partial charge < -0.3 is 10.1 Å². The summed E-state index contributed by atoms with van der Waals surface area (Å²) >= 11 is 0. The minimum absolute atomic E-state index is 0.0725. The fourth-order valence-corrected chi connectivity index (χ4v) is 0.477. The minimum atomic E-state index is -4.26. The van der Waals surface area contributed by atoms with Crippen LogP contribution >= 0.6 is 0 Å². The summed E-state index contributed by atoms with van der Waals surface area (Å²) in [5.41, 5.74) is 0.